The van der Waals surface area contributed by atoms with Crippen LogP contribution in [0.4, 0.5) is 0 Å². The first-order valence-corrected chi connectivity index (χ1v) is 1.65. The highest BCUT2D eigenvalue weighted by Crippen LogP contribution is 1.68. The van der Waals surface area contributed by atoms with Crippen molar-refractivity contribution in [2.45, 2.75) is 0 Å². The molecular formula is C5H7N. The Kier molecular flexibility index (Phi) is 3.56. The summed E-state index contributed by atoms with van der Waals surface area (Å²) in [5.74, 6) is 0. The Hall–Kier alpha value is -0.850. The lowest BCUT2D eigenvalue weighted by Gasteiger charge is -1.61. The second-order valence-electron chi connectivity index (χ2n) is 0.760. The third-order valence-corrected chi connectivity index (χ3v) is 0.328. The van der Waals surface area contributed by atoms with Gasteiger partial charge in [0, 0.05) is 6.20 Å². The second kappa shape index (κ2) is 4.15. The molecular weight excluding hydrogens is 74.1 g/mol. The molecule has 0 saturated heterocycles. The van der Waals surface area contributed by atoms with Crippen molar-refractivity contribution in [2.75, 3.05) is 0 Å². The van der Waals surface area contributed by atoms with E-state index in [0.717, 1.165) is 0 Å². The van der Waals surface area contributed by atoms with Crippen molar-refractivity contribution in [3.05, 3.63) is 24.9 Å². The van der Waals surface area contributed by atoms with E-state index in [1.54, 1.807) is 18.4 Å². The maximum absolute atomic E-state index is 3.42. The molecule has 1 nitrogen and oxygen atoms in total. The normalized spacial score (nSPS) is 8.67. The Morgan fingerprint density at radius 1 is 1.50 bits per heavy atom. The maximum atomic E-state index is 3.42. The van der Waals surface area contributed by atoms with Crippen LogP contribution in [0.2, 0.25) is 0 Å². The molecule has 1 heteroatoms. The Balaban J connectivity index is 3.17. The van der Waals surface area contributed by atoms with Crippen LogP contribution in [0, 0.1) is 0 Å². The van der Waals surface area contributed by atoms with Crippen LogP contribution >= 0.6 is 0 Å². The number of rotatable bonds is 2. The summed E-state index contributed by atoms with van der Waals surface area (Å²) in [7, 11) is 0. The van der Waals surface area contributed by atoms with E-state index in [1.165, 1.54) is 0 Å². The van der Waals surface area contributed by atoms with E-state index in [1.807, 2.05) is 0 Å². The molecule has 0 fully saturated rings. The van der Waals surface area contributed by atoms with Crippen LogP contribution in [0.1, 0.15) is 0 Å². The summed E-state index contributed by atoms with van der Waals surface area (Å²) >= 11 is 0. The molecule has 0 aromatic heterocycles. The van der Waals surface area contributed by atoms with Crippen LogP contribution in [-0.2, 0) is 0 Å². The lowest BCUT2D eigenvalue weighted by molar-refractivity contribution is 1.62. The quantitative estimate of drug-likeness (QED) is 0.352. The number of aliphatic imine (C=N–C) groups is 1. The summed E-state index contributed by atoms with van der Waals surface area (Å²) in [6.45, 7) is 6.64. The second-order valence-corrected chi connectivity index (χ2v) is 0.760. The summed E-state index contributed by atoms with van der Waals surface area (Å²) in [5, 5.41) is 0. The Labute approximate surface area is 37.7 Å². The minimum absolute atomic E-state index is 1.58. The van der Waals surface area contributed by atoms with E-state index in [4.69, 9.17) is 0 Å². The Morgan fingerprint density at radius 3 is 2.33 bits per heavy atom. The minimum Gasteiger partial charge on any atom is -0.273 e. The minimum atomic E-state index is 1.58. The average Bonchev–Trinajstić information content (AvgIpc) is 1.61. The largest absolute Gasteiger partial charge is 0.273 e. The Bertz CT molecular complexity index is 62.0. The highest BCUT2D eigenvalue weighted by molar-refractivity contribution is 5.25. The summed E-state index contributed by atoms with van der Waals surface area (Å²) < 4.78 is 0. The number of nitrogens with zero attached hydrogens (tertiary/aromatic N) is 1. The van der Waals surface area contributed by atoms with Gasteiger partial charge in [-0.05, 0) is 12.8 Å². The molecule has 0 spiro atoms. The molecule has 0 unspecified atom stereocenters. The third-order valence-electron chi connectivity index (χ3n) is 0.328. The summed E-state index contributed by atoms with van der Waals surface area (Å²) in [6.07, 6.45) is 4.94. The van der Waals surface area contributed by atoms with E-state index in [-0.39, 0.29) is 0 Å². The molecule has 0 bridgehead atoms. The van der Waals surface area contributed by atoms with Gasteiger partial charge in [0.15, 0.2) is 0 Å². The van der Waals surface area contributed by atoms with Crippen LogP contribution in [0.3, 0.4) is 0 Å². The molecule has 0 radical (unpaired) electrons. The van der Waals surface area contributed by atoms with Crippen LogP contribution in [0.5, 0.6) is 0 Å². The van der Waals surface area contributed by atoms with Crippen molar-refractivity contribution >= 4 is 6.72 Å². The molecule has 0 aliphatic heterocycles. The lowest BCUT2D eigenvalue weighted by atomic mass is 10.6. The average molecular weight is 81.1 g/mol. The molecule has 0 atom stereocenters. The predicted molar refractivity (Wildman–Crippen MR) is 28.9 cm³/mol. The molecule has 0 amide bonds. The molecule has 0 heterocycles. The summed E-state index contributed by atoms with van der Waals surface area (Å²) in [5.41, 5.74) is 0. The number of allylic oxidation sites excluding steroid dienone is 2. The molecule has 0 N–H and O–H groups in total. The van der Waals surface area contributed by atoms with E-state index >= 15 is 0 Å². The van der Waals surface area contributed by atoms with Crippen LogP contribution in [-0.4, -0.2) is 6.72 Å². The SMILES string of the molecule is C=CC=CN=C. The topological polar surface area (TPSA) is 12.4 Å². The maximum Gasteiger partial charge on any atom is 0.0260 e. The smallest absolute Gasteiger partial charge is 0.0260 e. The molecule has 0 aromatic carbocycles. The zero-order chi connectivity index (χ0) is 4.83. The fraction of sp³-hybridized carbons (Fsp3) is 0. The van der Waals surface area contributed by atoms with Crippen LogP contribution < -0.4 is 0 Å². The molecule has 0 aliphatic rings. The highest BCUT2D eigenvalue weighted by Gasteiger charge is 1.47. The highest BCUT2D eigenvalue weighted by atomic mass is 14.6. The zero-order valence-corrected chi connectivity index (χ0v) is 3.59. The lowest BCUT2D eigenvalue weighted by Crippen LogP contribution is -1.40. The van der Waals surface area contributed by atoms with Gasteiger partial charge < -0.3 is 0 Å². The van der Waals surface area contributed by atoms with Gasteiger partial charge in [0.2, 0.25) is 0 Å². The molecule has 0 rings (SSSR count). The summed E-state index contributed by atoms with van der Waals surface area (Å²) in [4.78, 5) is 3.42. The van der Waals surface area contributed by atoms with Crippen molar-refractivity contribution in [3.63, 3.8) is 0 Å². The monoisotopic (exact) mass is 81.1 g/mol. The van der Waals surface area contributed by atoms with E-state index < -0.39 is 0 Å². The zero-order valence-electron chi connectivity index (χ0n) is 3.59. The van der Waals surface area contributed by atoms with Gasteiger partial charge in [0.1, 0.15) is 0 Å². The fourth-order valence-corrected chi connectivity index (χ4v) is 0.122. The van der Waals surface area contributed by atoms with Gasteiger partial charge in [0.25, 0.3) is 0 Å². The van der Waals surface area contributed by atoms with Gasteiger partial charge in [-0.1, -0.05) is 12.7 Å². The standard InChI is InChI=1S/C5H7N/c1-3-4-5-6-2/h3-5H,1-2H2. The van der Waals surface area contributed by atoms with E-state index in [2.05, 4.69) is 18.3 Å². The van der Waals surface area contributed by atoms with Crippen molar-refractivity contribution in [1.29, 1.82) is 0 Å². The first kappa shape index (κ1) is 5.15. The van der Waals surface area contributed by atoms with E-state index in [0.29, 0.717) is 0 Å². The fourth-order valence-electron chi connectivity index (χ4n) is 0.122. The third kappa shape index (κ3) is 3.15. The molecule has 32 valence electrons. The molecule has 0 aliphatic carbocycles. The number of hydrogen-bond donors (Lipinski definition) is 0. The van der Waals surface area contributed by atoms with Gasteiger partial charge >= 0.3 is 0 Å². The van der Waals surface area contributed by atoms with Crippen molar-refractivity contribution in [3.8, 4) is 0 Å². The van der Waals surface area contributed by atoms with Crippen molar-refractivity contribution < 1.29 is 0 Å². The predicted octanol–water partition coefficient (Wildman–Crippen LogP) is 1.39. The summed E-state index contributed by atoms with van der Waals surface area (Å²) in [6, 6.07) is 0. The van der Waals surface area contributed by atoms with Gasteiger partial charge in [0.05, 0.1) is 0 Å². The number of hydrogen-bond acceptors (Lipinski definition) is 1. The van der Waals surface area contributed by atoms with Crippen LogP contribution in [0.25, 0.3) is 0 Å². The molecule has 6 heavy (non-hydrogen) atoms. The van der Waals surface area contributed by atoms with Gasteiger partial charge in [-0.15, -0.1) is 0 Å². The molecule has 0 aromatic rings. The first-order valence-electron chi connectivity index (χ1n) is 1.65. The van der Waals surface area contributed by atoms with Gasteiger partial charge in [-0.2, -0.15) is 0 Å². The Morgan fingerprint density at radius 2 is 2.17 bits per heavy atom. The first-order chi connectivity index (χ1) is 2.91. The van der Waals surface area contributed by atoms with Gasteiger partial charge in [-0.25, -0.2) is 0 Å². The van der Waals surface area contributed by atoms with E-state index in [9.17, 15) is 0 Å². The van der Waals surface area contributed by atoms with Crippen LogP contribution in [0.15, 0.2) is 29.9 Å². The molecule has 0 saturated carbocycles. The van der Waals surface area contributed by atoms with Crippen molar-refractivity contribution in [1.82, 2.24) is 0 Å². The van der Waals surface area contributed by atoms with Crippen molar-refractivity contribution in [2.24, 2.45) is 4.99 Å². The van der Waals surface area contributed by atoms with Gasteiger partial charge in [-0.3, -0.25) is 4.99 Å².